The third kappa shape index (κ3) is 3.77. The number of ether oxygens (including phenoxy) is 1. The molecule has 0 saturated carbocycles. The molecule has 3 rings (SSSR count). The van der Waals surface area contributed by atoms with Gasteiger partial charge < -0.3 is 14.6 Å². The Hall–Kier alpha value is -3.08. The van der Waals surface area contributed by atoms with Gasteiger partial charge in [-0.15, -0.1) is 0 Å². The lowest BCUT2D eigenvalue weighted by molar-refractivity contribution is -0.121. The minimum Gasteiger partial charge on any atom is -0.465 e. The number of aromatic nitrogens is 1. The second kappa shape index (κ2) is 7.87. The largest absolute Gasteiger partial charge is 0.465 e. The maximum Gasteiger partial charge on any atom is 0.340 e. The minimum atomic E-state index is -0.403. The second-order valence-corrected chi connectivity index (χ2v) is 6.21. The van der Waals surface area contributed by atoms with Gasteiger partial charge in [0.05, 0.1) is 12.7 Å². The van der Waals surface area contributed by atoms with Crippen molar-refractivity contribution in [3.8, 4) is 0 Å². The summed E-state index contributed by atoms with van der Waals surface area (Å²) < 4.78 is 6.62. The highest BCUT2D eigenvalue weighted by Gasteiger charge is 2.16. The second-order valence-electron chi connectivity index (χ2n) is 6.21. The zero-order chi connectivity index (χ0) is 18.5. The van der Waals surface area contributed by atoms with Crippen molar-refractivity contribution in [1.29, 1.82) is 0 Å². The molecule has 0 fully saturated rings. The Bertz CT molecular complexity index is 943. The normalized spacial score (nSPS) is 10.7. The average Bonchev–Trinajstić information content (AvgIpc) is 3.01. The maximum absolute atomic E-state index is 12.3. The number of carbonyl (C=O) groups is 2. The molecule has 0 bridgehead atoms. The van der Waals surface area contributed by atoms with E-state index in [-0.39, 0.29) is 12.5 Å². The quantitative estimate of drug-likeness (QED) is 0.695. The van der Waals surface area contributed by atoms with Gasteiger partial charge in [-0.2, -0.15) is 0 Å². The molecular formula is C21H22N2O3. The lowest BCUT2D eigenvalue weighted by Crippen LogP contribution is -2.29. The van der Waals surface area contributed by atoms with E-state index in [0.717, 1.165) is 17.3 Å². The van der Waals surface area contributed by atoms with Crippen molar-refractivity contribution in [3.63, 3.8) is 0 Å². The van der Waals surface area contributed by atoms with Gasteiger partial charge >= 0.3 is 5.97 Å². The van der Waals surface area contributed by atoms with Crippen LogP contribution in [0.5, 0.6) is 0 Å². The van der Waals surface area contributed by atoms with E-state index in [1.807, 2.05) is 36.4 Å². The molecular weight excluding hydrogens is 328 g/mol. The zero-order valence-corrected chi connectivity index (χ0v) is 15.0. The van der Waals surface area contributed by atoms with Crippen LogP contribution < -0.4 is 5.32 Å². The van der Waals surface area contributed by atoms with Crippen LogP contribution in [0.3, 0.4) is 0 Å². The summed E-state index contributed by atoms with van der Waals surface area (Å²) in [6.45, 7) is 2.80. The number of methoxy groups -OCH3 is 1. The van der Waals surface area contributed by atoms with Crippen molar-refractivity contribution in [1.82, 2.24) is 9.88 Å². The molecule has 0 aliphatic heterocycles. The molecule has 5 nitrogen and oxygen atoms in total. The van der Waals surface area contributed by atoms with E-state index in [2.05, 4.69) is 24.4 Å². The number of esters is 1. The third-order valence-corrected chi connectivity index (χ3v) is 4.49. The number of hydrogen-bond acceptors (Lipinski definition) is 3. The fourth-order valence-corrected chi connectivity index (χ4v) is 3.09. The molecule has 0 atom stereocenters. The fourth-order valence-electron chi connectivity index (χ4n) is 3.09. The molecule has 0 spiro atoms. The number of rotatable bonds is 6. The molecule has 0 saturated heterocycles. The Morgan fingerprint density at radius 2 is 1.81 bits per heavy atom. The van der Waals surface area contributed by atoms with Crippen molar-refractivity contribution in [2.75, 3.05) is 13.7 Å². The van der Waals surface area contributed by atoms with Gasteiger partial charge in [0, 0.05) is 23.6 Å². The van der Waals surface area contributed by atoms with Crippen molar-refractivity contribution in [2.45, 2.75) is 19.9 Å². The molecule has 0 radical (unpaired) electrons. The van der Waals surface area contributed by atoms with E-state index >= 15 is 0 Å². The molecule has 3 aromatic rings. The summed E-state index contributed by atoms with van der Waals surface area (Å²) in [4.78, 5) is 24.3. The number of carbonyl (C=O) groups excluding carboxylic acids is 2. The van der Waals surface area contributed by atoms with Gasteiger partial charge in [-0.3, -0.25) is 4.79 Å². The van der Waals surface area contributed by atoms with Gasteiger partial charge in [0.15, 0.2) is 0 Å². The highest BCUT2D eigenvalue weighted by molar-refractivity contribution is 6.04. The van der Waals surface area contributed by atoms with Gasteiger partial charge in [-0.25, -0.2) is 4.79 Å². The molecule has 26 heavy (non-hydrogen) atoms. The Balaban J connectivity index is 1.68. The Morgan fingerprint density at radius 3 is 2.58 bits per heavy atom. The van der Waals surface area contributed by atoms with Crippen LogP contribution in [0.4, 0.5) is 0 Å². The van der Waals surface area contributed by atoms with Crippen LogP contribution in [0.2, 0.25) is 0 Å². The highest BCUT2D eigenvalue weighted by atomic mass is 16.5. The predicted molar refractivity (Wildman–Crippen MR) is 101 cm³/mol. The number of fused-ring (bicyclic) bond motifs is 1. The molecule has 5 heteroatoms. The minimum absolute atomic E-state index is 0.0873. The molecule has 0 aliphatic carbocycles. The third-order valence-electron chi connectivity index (χ3n) is 4.49. The molecule has 1 heterocycles. The first-order chi connectivity index (χ1) is 12.6. The van der Waals surface area contributed by atoms with Gasteiger partial charge in [-0.1, -0.05) is 42.5 Å². The summed E-state index contributed by atoms with van der Waals surface area (Å²) in [6.07, 6.45) is 2.47. The van der Waals surface area contributed by atoms with Crippen LogP contribution in [0.1, 0.15) is 21.5 Å². The summed E-state index contributed by atoms with van der Waals surface area (Å²) >= 11 is 0. The Labute approximate surface area is 152 Å². The first-order valence-electron chi connectivity index (χ1n) is 8.57. The number of para-hydroxylation sites is 1. The first-order valence-corrected chi connectivity index (χ1v) is 8.57. The zero-order valence-electron chi connectivity index (χ0n) is 15.0. The van der Waals surface area contributed by atoms with Crippen molar-refractivity contribution in [2.24, 2.45) is 0 Å². The number of benzene rings is 2. The summed E-state index contributed by atoms with van der Waals surface area (Å²) in [7, 11) is 1.35. The van der Waals surface area contributed by atoms with Gasteiger partial charge in [-0.05, 0) is 30.5 Å². The van der Waals surface area contributed by atoms with Gasteiger partial charge in [0.1, 0.15) is 6.54 Å². The van der Waals surface area contributed by atoms with E-state index in [4.69, 9.17) is 4.74 Å². The maximum atomic E-state index is 12.3. The molecule has 1 N–H and O–H groups in total. The molecule has 1 aromatic heterocycles. The summed E-state index contributed by atoms with van der Waals surface area (Å²) in [5.41, 5.74) is 3.76. The Kier molecular flexibility index (Phi) is 5.37. The SMILES string of the molecule is COC(=O)c1cn(CC(=O)NCCc2ccccc2C)c2ccccc12. The average molecular weight is 350 g/mol. The number of hydrogen-bond donors (Lipinski definition) is 1. The van der Waals surface area contributed by atoms with E-state index < -0.39 is 5.97 Å². The topological polar surface area (TPSA) is 60.3 Å². The first kappa shape index (κ1) is 17.7. The van der Waals surface area contributed by atoms with Crippen LogP contribution >= 0.6 is 0 Å². The van der Waals surface area contributed by atoms with Gasteiger partial charge in [0.2, 0.25) is 5.91 Å². The molecule has 1 amide bonds. The van der Waals surface area contributed by atoms with Crippen LogP contribution in [-0.4, -0.2) is 30.1 Å². The van der Waals surface area contributed by atoms with E-state index in [1.54, 1.807) is 10.8 Å². The predicted octanol–water partition coefficient (Wildman–Crippen LogP) is 3.10. The molecule has 2 aromatic carbocycles. The summed E-state index contributed by atoms with van der Waals surface area (Å²) in [5.74, 6) is -0.490. The number of nitrogens with one attached hydrogen (secondary N) is 1. The van der Waals surface area contributed by atoms with Crippen LogP contribution in [-0.2, 0) is 22.5 Å². The van der Waals surface area contributed by atoms with E-state index in [0.29, 0.717) is 12.1 Å². The highest BCUT2D eigenvalue weighted by Crippen LogP contribution is 2.22. The van der Waals surface area contributed by atoms with E-state index in [1.165, 1.54) is 18.2 Å². The molecule has 0 aliphatic rings. The Morgan fingerprint density at radius 1 is 1.08 bits per heavy atom. The van der Waals surface area contributed by atoms with Crippen molar-refractivity contribution < 1.29 is 14.3 Å². The lowest BCUT2D eigenvalue weighted by atomic mass is 10.1. The summed E-state index contributed by atoms with van der Waals surface area (Å²) in [5, 5.41) is 3.73. The van der Waals surface area contributed by atoms with Crippen molar-refractivity contribution in [3.05, 3.63) is 71.4 Å². The molecule has 0 unspecified atom stereocenters. The summed E-state index contributed by atoms with van der Waals surface area (Å²) in [6, 6.07) is 15.6. The van der Waals surface area contributed by atoms with Crippen LogP contribution in [0.25, 0.3) is 10.9 Å². The van der Waals surface area contributed by atoms with Crippen LogP contribution in [0.15, 0.2) is 54.7 Å². The van der Waals surface area contributed by atoms with Crippen molar-refractivity contribution >= 4 is 22.8 Å². The number of aryl methyl sites for hydroxylation is 1. The fraction of sp³-hybridized carbons (Fsp3) is 0.238. The smallest absolute Gasteiger partial charge is 0.340 e. The lowest BCUT2D eigenvalue weighted by Gasteiger charge is -2.09. The van der Waals surface area contributed by atoms with Gasteiger partial charge in [0.25, 0.3) is 0 Å². The number of nitrogens with zero attached hydrogens (tertiary/aromatic N) is 1. The monoisotopic (exact) mass is 350 g/mol. The standard InChI is InChI=1S/C21H22N2O3/c1-15-7-3-4-8-16(15)11-12-22-20(24)14-23-13-18(21(25)26-2)17-9-5-6-10-19(17)23/h3-10,13H,11-12,14H2,1-2H3,(H,22,24). The van der Waals surface area contributed by atoms with E-state index in [9.17, 15) is 9.59 Å². The van der Waals surface area contributed by atoms with Crippen LogP contribution in [0, 0.1) is 6.92 Å². The number of amides is 1. The molecule has 134 valence electrons.